The molecule has 0 aliphatic rings. The average molecular weight is 263 g/mol. The molecular weight excluding hydrogens is 251 g/mol. The zero-order valence-corrected chi connectivity index (χ0v) is 10.8. The third-order valence-electron chi connectivity index (χ3n) is 1.95. The summed E-state index contributed by atoms with van der Waals surface area (Å²) < 4.78 is 5.19. The van der Waals surface area contributed by atoms with Crippen molar-refractivity contribution < 1.29 is 4.74 Å². The van der Waals surface area contributed by atoms with Gasteiger partial charge in [0.25, 0.3) is 0 Å². The Labute approximate surface area is 105 Å². The highest BCUT2D eigenvalue weighted by atomic mass is 35.5. The molecule has 4 heteroatoms. The van der Waals surface area contributed by atoms with Gasteiger partial charge in [-0.2, -0.15) is 0 Å². The third-order valence-corrected chi connectivity index (χ3v) is 2.98. The summed E-state index contributed by atoms with van der Waals surface area (Å²) in [5.74, 6) is 0. The predicted molar refractivity (Wildman–Crippen MR) is 69.0 cm³/mol. The van der Waals surface area contributed by atoms with Crippen molar-refractivity contribution in [1.29, 1.82) is 0 Å². The summed E-state index contributed by atoms with van der Waals surface area (Å²) >= 11 is 17.1. The summed E-state index contributed by atoms with van der Waals surface area (Å²) in [6, 6.07) is 5.48. The highest BCUT2D eigenvalue weighted by Crippen LogP contribution is 2.25. The smallest absolute Gasteiger partial charge is 0.159 e. The maximum Gasteiger partial charge on any atom is 0.159 e. The zero-order valence-electron chi connectivity index (χ0n) is 8.43. The van der Waals surface area contributed by atoms with Gasteiger partial charge < -0.3 is 4.74 Å². The number of hydrogen-bond acceptors (Lipinski definition) is 2. The van der Waals surface area contributed by atoms with E-state index < -0.39 is 0 Å². The fourth-order valence-electron chi connectivity index (χ4n) is 1.23. The highest BCUT2D eigenvalue weighted by molar-refractivity contribution is 7.80. The van der Waals surface area contributed by atoms with E-state index in [0.29, 0.717) is 28.1 Å². The Kier molecular flexibility index (Phi) is 5.37. The van der Waals surface area contributed by atoms with Crippen molar-refractivity contribution in [3.05, 3.63) is 33.8 Å². The second-order valence-corrected chi connectivity index (χ2v) is 4.27. The second-order valence-electron chi connectivity index (χ2n) is 3.01. The zero-order chi connectivity index (χ0) is 11.3. The van der Waals surface area contributed by atoms with Gasteiger partial charge in [0, 0.05) is 16.5 Å². The van der Waals surface area contributed by atoms with Crippen molar-refractivity contribution in [2.45, 2.75) is 19.8 Å². The van der Waals surface area contributed by atoms with E-state index in [0.717, 1.165) is 12.0 Å². The van der Waals surface area contributed by atoms with Gasteiger partial charge in [-0.1, -0.05) is 29.3 Å². The molecule has 1 nitrogen and oxygen atoms in total. The molecular formula is C11H12Cl2OS. The molecule has 0 fully saturated rings. The molecule has 0 aliphatic carbocycles. The van der Waals surface area contributed by atoms with E-state index in [1.807, 2.05) is 25.1 Å². The van der Waals surface area contributed by atoms with Crippen molar-refractivity contribution in [2.75, 3.05) is 6.61 Å². The Morgan fingerprint density at radius 1 is 1.33 bits per heavy atom. The van der Waals surface area contributed by atoms with Crippen LogP contribution < -0.4 is 0 Å². The van der Waals surface area contributed by atoms with Crippen LogP contribution in [0.3, 0.4) is 0 Å². The first-order valence-electron chi connectivity index (χ1n) is 4.73. The first-order chi connectivity index (χ1) is 7.15. The van der Waals surface area contributed by atoms with E-state index in [-0.39, 0.29) is 0 Å². The molecule has 0 bridgehead atoms. The van der Waals surface area contributed by atoms with Gasteiger partial charge in [-0.05, 0) is 43.3 Å². The van der Waals surface area contributed by atoms with Crippen LogP contribution in [0.2, 0.25) is 10.0 Å². The van der Waals surface area contributed by atoms with Crippen LogP contribution in [0.5, 0.6) is 0 Å². The Balaban J connectivity index is 2.61. The first kappa shape index (κ1) is 12.8. The number of ether oxygens (including phenoxy) is 1. The summed E-state index contributed by atoms with van der Waals surface area (Å²) in [6.45, 7) is 2.52. The minimum atomic E-state index is 0.605. The summed E-state index contributed by atoms with van der Waals surface area (Å²) in [5, 5.41) is 1.97. The molecule has 0 aliphatic heterocycles. The van der Waals surface area contributed by atoms with Gasteiger partial charge in [0.05, 0.1) is 6.61 Å². The molecule has 0 N–H and O–H groups in total. The lowest BCUT2D eigenvalue weighted by atomic mass is 10.1. The lowest BCUT2D eigenvalue weighted by Gasteiger charge is -2.07. The van der Waals surface area contributed by atoms with Crippen molar-refractivity contribution >= 4 is 40.5 Å². The van der Waals surface area contributed by atoms with Crippen LogP contribution in [0, 0.1) is 0 Å². The Morgan fingerprint density at radius 3 is 2.47 bits per heavy atom. The quantitative estimate of drug-likeness (QED) is 0.749. The Morgan fingerprint density at radius 2 is 1.93 bits per heavy atom. The number of benzene rings is 1. The molecule has 0 unspecified atom stereocenters. The summed E-state index contributed by atoms with van der Waals surface area (Å²) in [5.41, 5.74) is 0.933. The highest BCUT2D eigenvalue weighted by Gasteiger charge is 2.06. The van der Waals surface area contributed by atoms with Gasteiger partial charge >= 0.3 is 0 Å². The van der Waals surface area contributed by atoms with E-state index in [9.17, 15) is 0 Å². The molecule has 82 valence electrons. The Bertz CT molecular complexity index is 332. The van der Waals surface area contributed by atoms with Gasteiger partial charge in [-0.25, -0.2) is 0 Å². The fraction of sp³-hybridized carbons (Fsp3) is 0.364. The fourth-order valence-corrected chi connectivity index (χ4v) is 2.04. The van der Waals surface area contributed by atoms with Crippen molar-refractivity contribution in [3.8, 4) is 0 Å². The standard InChI is InChI=1S/C11H12Cl2OS/c1-2-14-11(15)7-6-8-9(12)4-3-5-10(8)13/h3-5H,2,6-7H2,1H3. The first-order valence-corrected chi connectivity index (χ1v) is 5.90. The van der Waals surface area contributed by atoms with Gasteiger partial charge in [0.1, 0.15) is 0 Å². The van der Waals surface area contributed by atoms with Gasteiger partial charge in [0.2, 0.25) is 0 Å². The predicted octanol–water partition coefficient (Wildman–Crippen LogP) is 4.29. The number of hydrogen-bond donors (Lipinski definition) is 0. The summed E-state index contributed by atoms with van der Waals surface area (Å²) in [6.07, 6.45) is 1.39. The van der Waals surface area contributed by atoms with Crippen molar-refractivity contribution in [3.63, 3.8) is 0 Å². The number of rotatable bonds is 4. The monoisotopic (exact) mass is 262 g/mol. The van der Waals surface area contributed by atoms with Gasteiger partial charge in [0.15, 0.2) is 5.05 Å². The van der Waals surface area contributed by atoms with E-state index in [1.54, 1.807) is 0 Å². The molecule has 1 aromatic carbocycles. The van der Waals surface area contributed by atoms with E-state index in [1.165, 1.54) is 0 Å². The lowest BCUT2D eigenvalue weighted by molar-refractivity contribution is 0.327. The molecule has 15 heavy (non-hydrogen) atoms. The van der Waals surface area contributed by atoms with Crippen LogP contribution in [-0.4, -0.2) is 11.7 Å². The van der Waals surface area contributed by atoms with E-state index >= 15 is 0 Å². The maximum atomic E-state index is 6.02. The summed E-state index contributed by atoms with van der Waals surface area (Å²) in [4.78, 5) is 0. The van der Waals surface area contributed by atoms with E-state index in [2.05, 4.69) is 0 Å². The van der Waals surface area contributed by atoms with Crippen molar-refractivity contribution in [1.82, 2.24) is 0 Å². The molecule has 0 aromatic heterocycles. The van der Waals surface area contributed by atoms with Crippen LogP contribution in [0.15, 0.2) is 18.2 Å². The number of thiocarbonyl (C=S) groups is 1. The van der Waals surface area contributed by atoms with Crippen molar-refractivity contribution in [2.24, 2.45) is 0 Å². The van der Waals surface area contributed by atoms with E-state index in [4.69, 9.17) is 40.2 Å². The van der Waals surface area contributed by atoms with Crippen LogP contribution in [-0.2, 0) is 11.2 Å². The molecule has 1 aromatic rings. The van der Waals surface area contributed by atoms with Crippen LogP contribution >= 0.6 is 35.4 Å². The molecule has 0 atom stereocenters. The second kappa shape index (κ2) is 6.31. The molecule has 0 saturated carbocycles. The lowest BCUT2D eigenvalue weighted by Crippen LogP contribution is -2.03. The molecule has 0 saturated heterocycles. The van der Waals surface area contributed by atoms with Gasteiger partial charge in [-0.15, -0.1) is 0 Å². The van der Waals surface area contributed by atoms with Gasteiger partial charge in [-0.3, -0.25) is 0 Å². The molecule has 0 spiro atoms. The molecule has 0 radical (unpaired) electrons. The minimum Gasteiger partial charge on any atom is -0.487 e. The third kappa shape index (κ3) is 3.98. The minimum absolute atomic E-state index is 0.605. The SMILES string of the molecule is CCOC(=S)CCc1c(Cl)cccc1Cl. The molecule has 1 rings (SSSR count). The van der Waals surface area contributed by atoms with Crippen LogP contribution in [0.25, 0.3) is 0 Å². The number of halogens is 2. The normalized spacial score (nSPS) is 10.1. The summed E-state index contributed by atoms with van der Waals surface area (Å²) in [7, 11) is 0. The maximum absolute atomic E-state index is 6.02. The van der Waals surface area contributed by atoms with Crippen LogP contribution in [0.4, 0.5) is 0 Å². The average Bonchev–Trinajstić information content (AvgIpc) is 2.17. The largest absolute Gasteiger partial charge is 0.487 e. The molecule has 0 amide bonds. The topological polar surface area (TPSA) is 9.23 Å². The Hall–Kier alpha value is -0.310. The molecule has 0 heterocycles. The van der Waals surface area contributed by atoms with Crippen LogP contribution in [0.1, 0.15) is 18.9 Å².